The molecule has 3 aromatic rings. The van der Waals surface area contributed by atoms with E-state index in [9.17, 15) is 23.9 Å². The molecule has 40 heavy (non-hydrogen) atoms. The molecule has 1 aromatic heterocycles. The Bertz CT molecular complexity index is 1480. The molecule has 0 spiro atoms. The number of Topliss-reactive ketones (excluding diaryl/α,β-unsaturated/α-hetero) is 1. The van der Waals surface area contributed by atoms with Gasteiger partial charge in [-0.1, -0.05) is 36.7 Å². The van der Waals surface area contributed by atoms with Gasteiger partial charge in [-0.25, -0.2) is 14.4 Å². The summed E-state index contributed by atoms with van der Waals surface area (Å²) in [6, 6.07) is 9.69. The van der Waals surface area contributed by atoms with Gasteiger partial charge in [0.2, 0.25) is 5.91 Å². The molecule has 0 saturated carbocycles. The van der Waals surface area contributed by atoms with Gasteiger partial charge in [-0.15, -0.1) is 11.8 Å². The fourth-order valence-electron chi connectivity index (χ4n) is 3.64. The lowest BCUT2D eigenvalue weighted by Crippen LogP contribution is -2.39. The zero-order valence-electron chi connectivity index (χ0n) is 21.7. The third-order valence-electron chi connectivity index (χ3n) is 5.57. The Morgan fingerprint density at radius 2 is 2.02 bits per heavy atom. The molecular weight excluding hydrogens is 559 g/mol. The first kappa shape index (κ1) is 30.5. The number of anilines is 2. The minimum absolute atomic E-state index is 0.0409. The Morgan fingerprint density at radius 1 is 1.27 bits per heavy atom. The summed E-state index contributed by atoms with van der Waals surface area (Å²) in [6.07, 6.45) is 3.00. The number of hydrogen-bond acceptors (Lipinski definition) is 8. The highest BCUT2D eigenvalue weighted by molar-refractivity contribution is 7.99. The molecule has 1 amide bonds. The Kier molecular flexibility index (Phi) is 11.0. The topological polar surface area (TPSA) is 152 Å². The maximum absolute atomic E-state index is 13.9. The summed E-state index contributed by atoms with van der Waals surface area (Å²) < 4.78 is 15.1. The second kappa shape index (κ2) is 14.4. The SMILES string of the molecule is CCC(C(=O)NCC(=O)CSCc1c(F)cccc1Cl)n1ccnc(Nc2cccc(C([O-])=NC(C)=N)c2)c1=O. The minimum atomic E-state index is -0.906. The van der Waals surface area contributed by atoms with Gasteiger partial charge < -0.3 is 15.7 Å². The molecule has 0 fully saturated rings. The number of aromatic nitrogens is 2. The zero-order valence-corrected chi connectivity index (χ0v) is 23.3. The number of aliphatic imine (C=N–C) groups is 1. The lowest BCUT2D eigenvalue weighted by atomic mass is 10.2. The molecule has 13 heteroatoms. The average Bonchev–Trinajstić information content (AvgIpc) is 2.91. The number of halogens is 2. The smallest absolute Gasteiger partial charge is 0.294 e. The summed E-state index contributed by atoms with van der Waals surface area (Å²) in [5.74, 6) is -1.79. The molecule has 3 rings (SSSR count). The van der Waals surface area contributed by atoms with Crippen molar-refractivity contribution < 1.29 is 19.1 Å². The zero-order chi connectivity index (χ0) is 29.2. The van der Waals surface area contributed by atoms with Crippen LogP contribution in [0.1, 0.15) is 37.4 Å². The van der Waals surface area contributed by atoms with E-state index in [4.69, 9.17) is 17.0 Å². The van der Waals surface area contributed by atoms with E-state index >= 15 is 0 Å². The Balaban J connectivity index is 1.63. The van der Waals surface area contributed by atoms with Gasteiger partial charge in [0, 0.05) is 34.4 Å². The highest BCUT2D eigenvalue weighted by Gasteiger charge is 2.21. The van der Waals surface area contributed by atoms with Crippen LogP contribution in [0.3, 0.4) is 0 Å². The maximum atomic E-state index is 13.9. The molecule has 0 saturated heterocycles. The number of carbonyl (C=O) groups excluding carboxylic acids is 2. The molecular formula is C27H27ClFN6O4S-. The van der Waals surface area contributed by atoms with Crippen LogP contribution in [0.2, 0.25) is 5.02 Å². The van der Waals surface area contributed by atoms with Crippen LogP contribution in [0.25, 0.3) is 0 Å². The van der Waals surface area contributed by atoms with Gasteiger partial charge in [0.25, 0.3) is 5.56 Å². The number of ketones is 1. The lowest BCUT2D eigenvalue weighted by Gasteiger charge is -2.18. The van der Waals surface area contributed by atoms with Crippen molar-refractivity contribution in [2.75, 3.05) is 17.6 Å². The van der Waals surface area contributed by atoms with Gasteiger partial charge >= 0.3 is 0 Å². The number of carbonyl (C=O) groups is 2. The molecule has 0 aliphatic rings. The summed E-state index contributed by atoms with van der Waals surface area (Å²) in [5, 5.41) is 25.2. The van der Waals surface area contributed by atoms with E-state index in [1.54, 1.807) is 25.1 Å². The van der Waals surface area contributed by atoms with E-state index < -0.39 is 29.2 Å². The molecule has 0 radical (unpaired) electrons. The molecule has 0 aliphatic carbocycles. The van der Waals surface area contributed by atoms with Crippen molar-refractivity contribution in [3.8, 4) is 0 Å². The molecule has 3 N–H and O–H groups in total. The molecule has 2 aromatic carbocycles. The molecule has 10 nitrogen and oxygen atoms in total. The highest BCUT2D eigenvalue weighted by atomic mass is 35.5. The van der Waals surface area contributed by atoms with Gasteiger partial charge in [-0.2, -0.15) is 0 Å². The van der Waals surface area contributed by atoms with E-state index in [0.717, 1.165) is 0 Å². The van der Waals surface area contributed by atoms with E-state index in [2.05, 4.69) is 20.6 Å². The van der Waals surface area contributed by atoms with Gasteiger partial charge in [-0.3, -0.25) is 24.4 Å². The highest BCUT2D eigenvalue weighted by Crippen LogP contribution is 2.24. The van der Waals surface area contributed by atoms with Crippen molar-refractivity contribution in [2.45, 2.75) is 32.1 Å². The van der Waals surface area contributed by atoms with Crippen molar-refractivity contribution in [1.82, 2.24) is 14.9 Å². The number of benzene rings is 2. The van der Waals surface area contributed by atoms with Gasteiger partial charge in [0.15, 0.2) is 11.6 Å². The van der Waals surface area contributed by atoms with Crippen LogP contribution in [0.4, 0.5) is 15.9 Å². The number of thioether (sulfide) groups is 1. The van der Waals surface area contributed by atoms with E-state index in [1.165, 1.54) is 59.9 Å². The van der Waals surface area contributed by atoms with Crippen molar-refractivity contribution in [1.29, 1.82) is 5.41 Å². The number of hydrogen-bond donors (Lipinski definition) is 3. The lowest BCUT2D eigenvalue weighted by molar-refractivity contribution is -0.212. The number of amidine groups is 1. The maximum Gasteiger partial charge on any atom is 0.294 e. The number of nitrogens with zero attached hydrogens (tertiary/aromatic N) is 3. The minimum Gasteiger partial charge on any atom is -0.858 e. The predicted molar refractivity (Wildman–Crippen MR) is 153 cm³/mol. The first-order valence-electron chi connectivity index (χ1n) is 12.2. The molecule has 0 bridgehead atoms. The fourth-order valence-corrected chi connectivity index (χ4v) is 4.88. The number of rotatable bonds is 12. The second-order valence-corrected chi connectivity index (χ2v) is 9.96. The predicted octanol–water partition coefficient (Wildman–Crippen LogP) is 3.45. The number of amides is 1. The first-order valence-corrected chi connectivity index (χ1v) is 13.7. The van der Waals surface area contributed by atoms with Crippen molar-refractivity contribution in [3.63, 3.8) is 0 Å². The van der Waals surface area contributed by atoms with Crippen LogP contribution in [0, 0.1) is 11.2 Å². The van der Waals surface area contributed by atoms with Crippen molar-refractivity contribution >= 4 is 58.3 Å². The molecule has 1 atom stereocenters. The summed E-state index contributed by atoms with van der Waals surface area (Å²) in [7, 11) is 0. The summed E-state index contributed by atoms with van der Waals surface area (Å²) in [5.41, 5.74) is 0.347. The Morgan fingerprint density at radius 3 is 2.73 bits per heavy atom. The monoisotopic (exact) mass is 585 g/mol. The summed E-state index contributed by atoms with van der Waals surface area (Å²) >= 11 is 7.19. The second-order valence-electron chi connectivity index (χ2n) is 8.57. The average molecular weight is 586 g/mol. The standard InChI is InChI=1S/C27H28ClFN6O4S/c1-3-23(26(38)32-13-19(36)14-40-15-20-21(28)8-5-9-22(20)29)35-11-10-31-24(27(35)39)34-18-7-4-6-17(12-18)25(37)33-16(2)30/h4-12,23H,3,13-15H2,1-2H3,(H,31,34)(H,32,38)(H2,30,33,37)/p-1. The van der Waals surface area contributed by atoms with Crippen molar-refractivity contribution in [3.05, 3.63) is 87.2 Å². The van der Waals surface area contributed by atoms with Crippen LogP contribution in [-0.4, -0.2) is 45.3 Å². The number of nitrogens with one attached hydrogen (secondary N) is 3. The Hall–Kier alpha value is -4.03. The summed E-state index contributed by atoms with van der Waals surface area (Å²) in [6.45, 7) is 2.86. The normalized spacial score (nSPS) is 12.1. The van der Waals surface area contributed by atoms with Crippen LogP contribution in [-0.2, 0) is 15.3 Å². The Labute approximate surface area is 239 Å². The molecule has 210 valence electrons. The molecule has 1 unspecified atom stereocenters. The van der Waals surface area contributed by atoms with Crippen molar-refractivity contribution in [2.24, 2.45) is 4.99 Å². The van der Waals surface area contributed by atoms with Gasteiger partial charge in [-0.05, 0) is 49.1 Å². The van der Waals surface area contributed by atoms with Crippen LogP contribution in [0.5, 0.6) is 0 Å². The largest absolute Gasteiger partial charge is 0.858 e. The van der Waals surface area contributed by atoms with Crippen LogP contribution >= 0.6 is 23.4 Å². The van der Waals surface area contributed by atoms with E-state index in [0.29, 0.717) is 11.3 Å². The van der Waals surface area contributed by atoms with E-state index in [1.807, 2.05) is 0 Å². The van der Waals surface area contributed by atoms with Crippen LogP contribution in [0.15, 0.2) is 64.6 Å². The molecule has 0 aliphatic heterocycles. The third kappa shape index (κ3) is 8.23. The van der Waals surface area contributed by atoms with E-state index in [-0.39, 0.29) is 52.5 Å². The first-order chi connectivity index (χ1) is 19.1. The van der Waals surface area contributed by atoms with Gasteiger partial charge in [0.1, 0.15) is 17.7 Å². The van der Waals surface area contributed by atoms with Gasteiger partial charge in [0.05, 0.1) is 12.3 Å². The quantitative estimate of drug-likeness (QED) is 0.217. The van der Waals surface area contributed by atoms with Crippen LogP contribution < -0.4 is 21.3 Å². The third-order valence-corrected chi connectivity index (χ3v) is 6.94. The molecule has 1 heterocycles. The summed E-state index contributed by atoms with van der Waals surface area (Å²) in [4.78, 5) is 46.0. The fraction of sp³-hybridized carbons (Fsp3) is 0.259.